The first-order valence-electron chi connectivity index (χ1n) is 6.50. The third-order valence-corrected chi connectivity index (χ3v) is 3.05. The van der Waals surface area contributed by atoms with Gasteiger partial charge in [-0.25, -0.2) is 10.1 Å². The molecule has 0 aliphatic carbocycles. The number of Topliss-reactive ketones (excluding diaryl/α,β-unsaturated/α-hetero) is 1. The van der Waals surface area contributed by atoms with Gasteiger partial charge in [-0.1, -0.05) is 48.5 Å². The summed E-state index contributed by atoms with van der Waals surface area (Å²) in [5, 5.41) is 12.0. The number of ketones is 1. The second kappa shape index (κ2) is 5.58. The minimum atomic E-state index is -0.141. The maximum absolute atomic E-state index is 12.1. The van der Waals surface area contributed by atoms with Crippen molar-refractivity contribution in [1.82, 2.24) is 9.78 Å². The van der Waals surface area contributed by atoms with Crippen LogP contribution in [-0.4, -0.2) is 15.6 Å². The lowest BCUT2D eigenvalue weighted by atomic mass is 10.1. The predicted octanol–water partition coefficient (Wildman–Crippen LogP) is 2.51. The minimum absolute atomic E-state index is 0.0147. The maximum Gasteiger partial charge on any atom is 0.313 e. The summed E-state index contributed by atoms with van der Waals surface area (Å²) in [5.41, 5.74) is 1.23. The van der Waals surface area contributed by atoms with Gasteiger partial charge in [-0.05, 0) is 12.1 Å². The summed E-state index contributed by atoms with van der Waals surface area (Å²) in [6.45, 7) is -0.0147. The van der Waals surface area contributed by atoms with Gasteiger partial charge in [-0.3, -0.25) is 4.79 Å². The van der Waals surface area contributed by atoms with Crippen LogP contribution in [0.1, 0.15) is 10.4 Å². The Balaban J connectivity index is 1.86. The van der Waals surface area contributed by atoms with Crippen molar-refractivity contribution in [2.75, 3.05) is 0 Å². The Morgan fingerprint density at radius 3 is 2.33 bits per heavy atom. The molecule has 3 aromatic rings. The first kappa shape index (κ1) is 13.1. The van der Waals surface area contributed by atoms with Gasteiger partial charge >= 0.3 is 5.68 Å². The van der Waals surface area contributed by atoms with Crippen molar-refractivity contribution in [3.05, 3.63) is 71.9 Å². The van der Waals surface area contributed by atoms with E-state index in [1.165, 1.54) is 4.68 Å². The molecule has 5 nitrogen and oxygen atoms in total. The number of carbonyl (C=O) groups is 1. The van der Waals surface area contributed by atoms with E-state index in [1.807, 2.05) is 36.4 Å². The van der Waals surface area contributed by atoms with E-state index in [4.69, 9.17) is 9.83 Å². The van der Waals surface area contributed by atoms with Crippen molar-refractivity contribution in [2.45, 2.75) is 6.54 Å². The van der Waals surface area contributed by atoms with Crippen LogP contribution in [0.15, 0.2) is 65.1 Å². The van der Waals surface area contributed by atoms with Gasteiger partial charge in [0.05, 0.1) is 0 Å². The van der Waals surface area contributed by atoms with Gasteiger partial charge in [0.2, 0.25) is 5.89 Å². The van der Waals surface area contributed by atoms with Gasteiger partial charge < -0.3 is 4.42 Å². The van der Waals surface area contributed by atoms with Gasteiger partial charge in [0, 0.05) is 11.1 Å². The van der Waals surface area contributed by atoms with Crippen LogP contribution in [0.5, 0.6) is 0 Å². The lowest BCUT2D eigenvalue weighted by Crippen LogP contribution is -2.21. The first-order chi connectivity index (χ1) is 10.2. The molecule has 1 aromatic heterocycles. The molecule has 0 saturated carbocycles. The monoisotopic (exact) mass is 279 g/mol. The largest absolute Gasteiger partial charge is 0.404 e. The molecule has 1 N–H and O–H groups in total. The van der Waals surface area contributed by atoms with Crippen molar-refractivity contribution >= 4 is 5.78 Å². The highest BCUT2D eigenvalue weighted by Crippen LogP contribution is 2.14. The Morgan fingerprint density at radius 2 is 1.67 bits per heavy atom. The van der Waals surface area contributed by atoms with Crippen LogP contribution in [0.4, 0.5) is 0 Å². The summed E-state index contributed by atoms with van der Waals surface area (Å²) in [5.74, 6) is 0.225. The average Bonchev–Trinajstić information content (AvgIpc) is 2.90. The van der Waals surface area contributed by atoms with Crippen LogP contribution < -0.4 is 5.68 Å². The number of hydrogen-bond acceptors (Lipinski definition) is 4. The van der Waals surface area contributed by atoms with E-state index in [9.17, 15) is 4.79 Å². The molecule has 0 unspecified atom stereocenters. The number of nitrogens with one attached hydrogen (secondary N) is 1. The standard InChI is InChI=1S/C16H13N3O2/c17-16-19(11-14(20)12-7-3-1-4-8-12)18-15(21-16)13-9-5-2-6-10-13/h1-10,17H,11H2. The number of carbonyl (C=O) groups excluding carboxylic acids is 1. The fourth-order valence-electron chi connectivity index (χ4n) is 1.98. The molecular weight excluding hydrogens is 266 g/mol. The number of aromatic nitrogens is 2. The molecule has 0 bridgehead atoms. The smallest absolute Gasteiger partial charge is 0.313 e. The Labute approximate surface area is 121 Å². The molecule has 2 aromatic carbocycles. The Bertz CT molecular complexity index is 804. The molecule has 21 heavy (non-hydrogen) atoms. The molecule has 0 atom stereocenters. The minimum Gasteiger partial charge on any atom is -0.404 e. The zero-order valence-corrected chi connectivity index (χ0v) is 11.2. The van der Waals surface area contributed by atoms with Crippen molar-refractivity contribution < 1.29 is 9.21 Å². The Hall–Kier alpha value is -2.95. The second-order valence-electron chi connectivity index (χ2n) is 4.53. The van der Waals surface area contributed by atoms with Crippen LogP contribution >= 0.6 is 0 Å². The van der Waals surface area contributed by atoms with E-state index in [-0.39, 0.29) is 18.0 Å². The van der Waals surface area contributed by atoms with E-state index in [1.54, 1.807) is 24.3 Å². The molecule has 5 heteroatoms. The van der Waals surface area contributed by atoms with E-state index < -0.39 is 0 Å². The molecule has 1 heterocycles. The fraction of sp³-hybridized carbons (Fsp3) is 0.0625. The molecule has 0 radical (unpaired) electrons. The molecule has 0 aliphatic heterocycles. The molecule has 0 saturated heterocycles. The zero-order chi connectivity index (χ0) is 14.7. The molecule has 3 rings (SSSR count). The first-order valence-corrected chi connectivity index (χ1v) is 6.50. The molecule has 0 spiro atoms. The van der Waals surface area contributed by atoms with Crippen LogP contribution in [0.2, 0.25) is 0 Å². The second-order valence-corrected chi connectivity index (χ2v) is 4.53. The third-order valence-electron chi connectivity index (χ3n) is 3.05. The SMILES string of the molecule is N=c1oc(-c2ccccc2)nn1CC(=O)c1ccccc1. The Kier molecular flexibility index (Phi) is 3.47. The van der Waals surface area contributed by atoms with Crippen LogP contribution in [0.25, 0.3) is 11.5 Å². The highest BCUT2D eigenvalue weighted by atomic mass is 16.4. The Morgan fingerprint density at radius 1 is 1.05 bits per heavy atom. The van der Waals surface area contributed by atoms with Gasteiger partial charge in [-0.2, -0.15) is 0 Å². The van der Waals surface area contributed by atoms with Gasteiger partial charge in [-0.15, -0.1) is 5.10 Å². The summed E-state index contributed by atoms with van der Waals surface area (Å²) in [7, 11) is 0. The lowest BCUT2D eigenvalue weighted by molar-refractivity contribution is 0.0964. The van der Waals surface area contributed by atoms with Crippen LogP contribution in [-0.2, 0) is 6.54 Å². The maximum atomic E-state index is 12.1. The average molecular weight is 279 g/mol. The van der Waals surface area contributed by atoms with Crippen molar-refractivity contribution in [3.8, 4) is 11.5 Å². The molecule has 0 fully saturated rings. The predicted molar refractivity (Wildman–Crippen MR) is 76.6 cm³/mol. The van der Waals surface area contributed by atoms with Crippen molar-refractivity contribution in [3.63, 3.8) is 0 Å². The molecule has 104 valence electrons. The van der Waals surface area contributed by atoms with Gasteiger partial charge in [0.25, 0.3) is 0 Å². The molecular formula is C16H13N3O2. The highest BCUT2D eigenvalue weighted by Gasteiger charge is 2.12. The summed E-state index contributed by atoms with van der Waals surface area (Å²) in [6, 6.07) is 18.2. The van der Waals surface area contributed by atoms with E-state index in [2.05, 4.69) is 5.10 Å². The lowest BCUT2D eigenvalue weighted by Gasteiger charge is -1.99. The summed E-state index contributed by atoms with van der Waals surface area (Å²) < 4.78 is 6.57. The third kappa shape index (κ3) is 2.81. The normalized spacial score (nSPS) is 10.5. The van der Waals surface area contributed by atoms with Crippen LogP contribution in [0, 0.1) is 5.41 Å². The number of nitrogens with zero attached hydrogens (tertiary/aromatic N) is 2. The van der Waals surface area contributed by atoms with E-state index in [0.29, 0.717) is 11.5 Å². The van der Waals surface area contributed by atoms with Crippen LogP contribution in [0.3, 0.4) is 0 Å². The van der Waals surface area contributed by atoms with E-state index in [0.717, 1.165) is 5.56 Å². The summed E-state index contributed by atoms with van der Waals surface area (Å²) in [6.07, 6.45) is 0. The number of rotatable bonds is 4. The number of hydrogen-bond donors (Lipinski definition) is 1. The quantitative estimate of drug-likeness (QED) is 0.746. The van der Waals surface area contributed by atoms with Crippen molar-refractivity contribution in [2.24, 2.45) is 0 Å². The molecule has 0 amide bonds. The fourth-order valence-corrected chi connectivity index (χ4v) is 1.98. The number of benzene rings is 2. The highest BCUT2D eigenvalue weighted by molar-refractivity contribution is 5.95. The van der Waals surface area contributed by atoms with E-state index >= 15 is 0 Å². The zero-order valence-electron chi connectivity index (χ0n) is 11.2. The summed E-state index contributed by atoms with van der Waals surface area (Å²) in [4.78, 5) is 12.1. The van der Waals surface area contributed by atoms with Gasteiger partial charge in [0.15, 0.2) is 5.78 Å². The van der Waals surface area contributed by atoms with Crippen molar-refractivity contribution in [1.29, 1.82) is 5.41 Å². The summed E-state index contributed by atoms with van der Waals surface area (Å²) >= 11 is 0. The topological polar surface area (TPSA) is 71.9 Å². The van der Waals surface area contributed by atoms with Gasteiger partial charge in [0.1, 0.15) is 6.54 Å². The molecule has 0 aliphatic rings.